The van der Waals surface area contributed by atoms with Crippen LogP contribution in [0.25, 0.3) is 0 Å². The number of benzene rings is 1. The molecule has 1 saturated heterocycles. The molecule has 1 aromatic heterocycles. The highest BCUT2D eigenvalue weighted by molar-refractivity contribution is 7.84. The van der Waals surface area contributed by atoms with Crippen LogP contribution in [0.15, 0.2) is 35.4 Å². The van der Waals surface area contributed by atoms with Gasteiger partial charge in [0.05, 0.1) is 34.0 Å². The van der Waals surface area contributed by atoms with Gasteiger partial charge in [0.2, 0.25) is 5.95 Å². The fourth-order valence-corrected chi connectivity index (χ4v) is 6.21. The molecule has 1 spiro atoms. The van der Waals surface area contributed by atoms with E-state index in [1.165, 1.54) is 31.2 Å². The molecule has 1 aliphatic heterocycles. The van der Waals surface area contributed by atoms with E-state index < -0.39 is 10.8 Å². The summed E-state index contributed by atoms with van der Waals surface area (Å²) in [6.45, 7) is 2.00. The fraction of sp³-hybridized carbons (Fsp3) is 0.583. The number of aliphatic hydroxyl groups excluding tert-OH is 1. The summed E-state index contributed by atoms with van der Waals surface area (Å²) in [6, 6.07) is 8.32. The van der Waals surface area contributed by atoms with Gasteiger partial charge in [0.15, 0.2) is 0 Å². The van der Waals surface area contributed by atoms with Crippen molar-refractivity contribution >= 4 is 34.2 Å². The molecule has 1 aromatic carbocycles. The minimum absolute atomic E-state index is 0.0593. The van der Waals surface area contributed by atoms with E-state index in [0.29, 0.717) is 28.0 Å². The third-order valence-corrected chi connectivity index (χ3v) is 8.94. The molecule has 0 bridgehead atoms. The number of rotatable bonds is 6. The first-order valence-corrected chi connectivity index (χ1v) is 13.4. The van der Waals surface area contributed by atoms with Crippen molar-refractivity contribution in [2.75, 3.05) is 36.2 Å². The van der Waals surface area contributed by atoms with E-state index in [-0.39, 0.29) is 12.1 Å². The second-order valence-electron chi connectivity index (χ2n) is 9.94. The van der Waals surface area contributed by atoms with Crippen LogP contribution < -0.4 is 10.2 Å². The molecule has 0 unspecified atom stereocenters. The second kappa shape index (κ2) is 8.58. The summed E-state index contributed by atoms with van der Waals surface area (Å²) in [5.41, 5.74) is 1.42. The predicted molar refractivity (Wildman–Crippen MR) is 129 cm³/mol. The Kier molecular flexibility index (Phi) is 5.93. The Balaban J connectivity index is 1.25. The Morgan fingerprint density at radius 3 is 2.44 bits per heavy atom. The van der Waals surface area contributed by atoms with E-state index in [2.05, 4.69) is 27.3 Å². The van der Waals surface area contributed by atoms with E-state index in [0.717, 1.165) is 37.4 Å². The lowest BCUT2D eigenvalue weighted by atomic mass is 9.65. The van der Waals surface area contributed by atoms with Crippen LogP contribution in [-0.4, -0.2) is 50.8 Å². The van der Waals surface area contributed by atoms with E-state index in [1.807, 2.05) is 12.1 Å². The van der Waals surface area contributed by atoms with Gasteiger partial charge < -0.3 is 15.3 Å². The van der Waals surface area contributed by atoms with Crippen molar-refractivity contribution in [2.45, 2.75) is 61.3 Å². The number of hydrogen-bond acceptors (Lipinski definition) is 6. The minimum Gasteiger partial charge on any atom is -0.394 e. The van der Waals surface area contributed by atoms with Gasteiger partial charge in [-0.25, -0.2) is 4.98 Å². The zero-order valence-corrected chi connectivity index (χ0v) is 20.1. The Hall–Kier alpha value is -1.70. The first-order valence-electron chi connectivity index (χ1n) is 11.5. The predicted octanol–water partition coefficient (Wildman–Crippen LogP) is 4.36. The van der Waals surface area contributed by atoms with Crippen molar-refractivity contribution < 1.29 is 9.32 Å². The lowest BCUT2D eigenvalue weighted by molar-refractivity contribution is 0.126. The van der Waals surface area contributed by atoms with Crippen LogP contribution in [0.5, 0.6) is 0 Å². The first-order chi connectivity index (χ1) is 15.4. The Bertz CT molecular complexity index is 990. The van der Waals surface area contributed by atoms with Gasteiger partial charge in [-0.05, 0) is 68.6 Å². The maximum atomic E-state index is 12.2. The third-order valence-electron chi connectivity index (χ3n) is 7.77. The zero-order chi connectivity index (χ0) is 22.3. The van der Waals surface area contributed by atoms with Crippen molar-refractivity contribution in [2.24, 2.45) is 5.41 Å². The number of nitrogens with one attached hydrogen (secondary N) is 1. The molecule has 1 atom stereocenters. The number of aromatic nitrogens is 2. The maximum Gasteiger partial charge on any atom is 0.227 e. The Morgan fingerprint density at radius 1 is 1.19 bits per heavy atom. The molecule has 0 radical (unpaired) electrons. The quantitative estimate of drug-likeness (QED) is 0.647. The third kappa shape index (κ3) is 4.15. The van der Waals surface area contributed by atoms with Crippen LogP contribution in [-0.2, 0) is 10.8 Å². The molecule has 2 N–H and O–H groups in total. The Labute approximate surface area is 197 Å². The molecule has 172 valence electrons. The molecule has 32 heavy (non-hydrogen) atoms. The molecule has 3 aliphatic rings. The highest BCUT2D eigenvalue weighted by Gasteiger charge is 2.46. The van der Waals surface area contributed by atoms with Crippen LogP contribution in [0.3, 0.4) is 0 Å². The van der Waals surface area contributed by atoms with Gasteiger partial charge in [0.1, 0.15) is 5.82 Å². The number of nitrogens with zero attached hydrogens (tertiary/aromatic N) is 3. The largest absolute Gasteiger partial charge is 0.394 e. The molecular weight excluding hydrogens is 444 g/mol. The zero-order valence-electron chi connectivity index (χ0n) is 18.5. The van der Waals surface area contributed by atoms with Crippen LogP contribution in [0.1, 0.15) is 56.4 Å². The van der Waals surface area contributed by atoms with E-state index in [9.17, 15) is 9.32 Å². The SMILES string of the molecule is C[S@](=O)c1cnc(N2CC3(CCC(c4ccc(Cl)cc4)CC3)C2)nc1NC1(CO)CCC1. The second-order valence-corrected chi connectivity index (χ2v) is 11.7. The molecule has 0 amide bonds. The number of hydrogen-bond donors (Lipinski definition) is 2. The van der Waals surface area contributed by atoms with Crippen molar-refractivity contribution in [1.82, 2.24) is 9.97 Å². The molecule has 2 heterocycles. The smallest absolute Gasteiger partial charge is 0.227 e. The standard InChI is InChI=1S/C24H31ClN4O2S/c1-32(31)20-13-26-22(27-21(20)28-24(16-30)9-2-10-24)29-14-23(15-29)11-7-18(8-12-23)17-3-5-19(25)6-4-17/h3-6,13,18,30H,2,7-12,14-16H2,1H3,(H,26,27,28)/t32-/m0/s1. The molecule has 6 nitrogen and oxygen atoms in total. The van der Waals surface area contributed by atoms with Crippen LogP contribution in [0.4, 0.5) is 11.8 Å². The van der Waals surface area contributed by atoms with Crippen LogP contribution in [0.2, 0.25) is 5.02 Å². The summed E-state index contributed by atoms with van der Waals surface area (Å²) < 4.78 is 12.2. The van der Waals surface area contributed by atoms with Crippen LogP contribution in [0, 0.1) is 5.41 Å². The molecule has 3 fully saturated rings. The topological polar surface area (TPSA) is 78.4 Å². The van der Waals surface area contributed by atoms with Crippen LogP contribution >= 0.6 is 11.6 Å². The monoisotopic (exact) mass is 474 g/mol. The van der Waals surface area contributed by atoms with Gasteiger partial charge in [-0.15, -0.1) is 0 Å². The summed E-state index contributed by atoms with van der Waals surface area (Å²) in [7, 11) is -1.19. The lowest BCUT2D eigenvalue weighted by Gasteiger charge is -2.53. The molecule has 2 aromatic rings. The molecule has 2 saturated carbocycles. The van der Waals surface area contributed by atoms with Gasteiger partial charge in [-0.3, -0.25) is 4.21 Å². The van der Waals surface area contributed by atoms with Gasteiger partial charge in [-0.1, -0.05) is 23.7 Å². The maximum absolute atomic E-state index is 12.2. The van der Waals surface area contributed by atoms with Crippen molar-refractivity contribution in [3.05, 3.63) is 41.0 Å². The van der Waals surface area contributed by atoms with E-state index in [4.69, 9.17) is 16.6 Å². The summed E-state index contributed by atoms with van der Waals surface area (Å²) in [6.07, 6.45) is 11.1. The first kappa shape index (κ1) is 22.1. The summed E-state index contributed by atoms with van der Waals surface area (Å²) in [4.78, 5) is 12.1. The highest BCUT2D eigenvalue weighted by Crippen LogP contribution is 2.49. The lowest BCUT2D eigenvalue weighted by Crippen LogP contribution is -2.58. The number of aliphatic hydroxyl groups is 1. The van der Waals surface area contributed by atoms with Gasteiger partial charge in [-0.2, -0.15) is 4.98 Å². The molecular formula is C24H31ClN4O2S. The average molecular weight is 475 g/mol. The number of anilines is 2. The van der Waals surface area contributed by atoms with Gasteiger partial charge in [0.25, 0.3) is 0 Å². The Morgan fingerprint density at radius 2 is 1.88 bits per heavy atom. The van der Waals surface area contributed by atoms with E-state index >= 15 is 0 Å². The summed E-state index contributed by atoms with van der Waals surface area (Å²) in [5.74, 6) is 1.92. The van der Waals surface area contributed by atoms with Crippen molar-refractivity contribution in [1.29, 1.82) is 0 Å². The van der Waals surface area contributed by atoms with Crippen molar-refractivity contribution in [3.8, 4) is 0 Å². The van der Waals surface area contributed by atoms with Gasteiger partial charge >= 0.3 is 0 Å². The normalized spacial score (nSPS) is 22.8. The number of halogens is 1. The average Bonchev–Trinajstić information content (AvgIpc) is 2.75. The molecule has 5 rings (SSSR count). The minimum atomic E-state index is -1.19. The molecule has 8 heteroatoms. The summed E-state index contributed by atoms with van der Waals surface area (Å²) >= 11 is 6.04. The van der Waals surface area contributed by atoms with Crippen molar-refractivity contribution in [3.63, 3.8) is 0 Å². The highest BCUT2D eigenvalue weighted by atomic mass is 35.5. The molecule has 2 aliphatic carbocycles. The fourth-order valence-electron chi connectivity index (χ4n) is 5.51. The van der Waals surface area contributed by atoms with Gasteiger partial charge in [0, 0.05) is 29.8 Å². The summed E-state index contributed by atoms with van der Waals surface area (Å²) in [5, 5.41) is 14.0. The van der Waals surface area contributed by atoms with E-state index in [1.54, 1.807) is 12.5 Å².